The Bertz CT molecular complexity index is 1570. The molecule has 0 unspecified atom stereocenters. The Labute approximate surface area is 255 Å². The molecule has 230 valence electrons. The summed E-state index contributed by atoms with van der Waals surface area (Å²) in [4.78, 5) is 53.7. The minimum Gasteiger partial charge on any atom is -0.317 e. The number of anilines is 2. The standard InChI is InChI=1S/C32H38N8O4/c1-32(2,3)21-10-12-22(13-11-21)40(17-19-6-8-20(9-7-19)27(41)35-30-36-38-39-37-30)31(44)33-25-15-14-23-26(29(43)34-28(23)42)24(25)16-18-4-5-18/h6-9,14-15,18,21-22H,4-5,10-13,16-17H2,1-3H3,(H,33,44)(H,34,42,43)(H2,35,36,37,38,39,41). The predicted molar refractivity (Wildman–Crippen MR) is 163 cm³/mol. The van der Waals surface area contributed by atoms with Crippen molar-refractivity contribution >= 4 is 35.4 Å². The molecule has 2 saturated carbocycles. The number of nitrogens with one attached hydrogen (secondary N) is 4. The molecule has 1 aromatic heterocycles. The number of hydrogen-bond acceptors (Lipinski definition) is 7. The van der Waals surface area contributed by atoms with Crippen molar-refractivity contribution in [2.75, 3.05) is 10.6 Å². The number of aromatic nitrogens is 4. The smallest absolute Gasteiger partial charge is 0.317 e. The molecule has 1 aliphatic heterocycles. The topological polar surface area (TPSA) is 162 Å². The van der Waals surface area contributed by atoms with E-state index in [1.165, 1.54) is 0 Å². The lowest BCUT2D eigenvalue weighted by molar-refractivity contribution is 0.0878. The van der Waals surface area contributed by atoms with E-state index in [4.69, 9.17) is 0 Å². The minimum atomic E-state index is -0.405. The first-order valence-electron chi connectivity index (χ1n) is 15.3. The number of urea groups is 1. The Hall–Kier alpha value is -4.61. The van der Waals surface area contributed by atoms with Crippen LogP contribution in [0.5, 0.6) is 0 Å². The van der Waals surface area contributed by atoms with E-state index in [0.29, 0.717) is 47.2 Å². The van der Waals surface area contributed by atoms with Gasteiger partial charge in [0.05, 0.1) is 11.1 Å². The van der Waals surface area contributed by atoms with Gasteiger partial charge in [-0.05, 0) is 103 Å². The van der Waals surface area contributed by atoms with Gasteiger partial charge in [-0.25, -0.2) is 4.79 Å². The minimum absolute atomic E-state index is 0.0287. The van der Waals surface area contributed by atoms with Crippen molar-refractivity contribution in [3.05, 3.63) is 64.2 Å². The van der Waals surface area contributed by atoms with Crippen molar-refractivity contribution in [2.45, 2.75) is 78.3 Å². The molecule has 12 nitrogen and oxygen atoms in total. The Morgan fingerprint density at radius 3 is 2.30 bits per heavy atom. The second kappa shape index (κ2) is 11.8. The van der Waals surface area contributed by atoms with Crippen molar-refractivity contribution < 1.29 is 19.2 Å². The average molecular weight is 599 g/mol. The third-order valence-corrected chi connectivity index (χ3v) is 9.21. The number of amides is 5. The van der Waals surface area contributed by atoms with E-state index in [9.17, 15) is 19.2 Å². The molecule has 5 amide bonds. The number of H-pyrrole nitrogens is 1. The van der Waals surface area contributed by atoms with E-state index >= 15 is 0 Å². The van der Waals surface area contributed by atoms with Crippen molar-refractivity contribution in [1.82, 2.24) is 30.8 Å². The molecule has 2 heterocycles. The van der Waals surface area contributed by atoms with Gasteiger partial charge in [0.25, 0.3) is 23.7 Å². The molecule has 0 saturated heterocycles. The summed E-state index contributed by atoms with van der Waals surface area (Å²) >= 11 is 0. The second-order valence-electron chi connectivity index (χ2n) is 13.3. The maximum Gasteiger partial charge on any atom is 0.322 e. The van der Waals surface area contributed by atoms with E-state index in [1.807, 2.05) is 17.0 Å². The number of hydrogen-bond donors (Lipinski definition) is 4. The van der Waals surface area contributed by atoms with E-state index in [1.54, 1.807) is 24.3 Å². The first-order valence-corrected chi connectivity index (χ1v) is 15.3. The Morgan fingerprint density at radius 2 is 1.66 bits per heavy atom. The number of aromatic amines is 1. The first-order chi connectivity index (χ1) is 21.1. The number of tetrazole rings is 1. The van der Waals surface area contributed by atoms with Crippen LogP contribution in [0.1, 0.15) is 101 Å². The lowest BCUT2D eigenvalue weighted by Gasteiger charge is -2.41. The Kier molecular flexibility index (Phi) is 7.91. The average Bonchev–Trinajstić information content (AvgIpc) is 3.57. The molecule has 12 heteroatoms. The van der Waals surface area contributed by atoms with Gasteiger partial charge in [0.15, 0.2) is 0 Å². The maximum atomic E-state index is 14.1. The van der Waals surface area contributed by atoms with E-state index < -0.39 is 11.8 Å². The number of imide groups is 1. The molecule has 0 bridgehead atoms. The fourth-order valence-corrected chi connectivity index (χ4v) is 6.42. The number of benzene rings is 2. The molecule has 6 rings (SSSR count). The van der Waals surface area contributed by atoms with Gasteiger partial charge >= 0.3 is 6.03 Å². The summed E-state index contributed by atoms with van der Waals surface area (Å²) in [5.74, 6) is -0.0551. The van der Waals surface area contributed by atoms with Crippen LogP contribution in [-0.4, -0.2) is 55.3 Å². The summed E-state index contributed by atoms with van der Waals surface area (Å²) in [5.41, 5.74) is 3.57. The third-order valence-electron chi connectivity index (χ3n) is 9.21. The van der Waals surface area contributed by atoms with Crippen LogP contribution >= 0.6 is 0 Å². The number of nitrogens with zero attached hydrogens (tertiary/aromatic N) is 4. The van der Waals surface area contributed by atoms with Gasteiger partial charge < -0.3 is 10.2 Å². The lowest BCUT2D eigenvalue weighted by atomic mass is 9.71. The normalized spacial score (nSPS) is 19.7. The molecule has 2 aromatic carbocycles. The van der Waals surface area contributed by atoms with Gasteiger partial charge in [-0.1, -0.05) is 38.0 Å². The van der Waals surface area contributed by atoms with Gasteiger partial charge in [0.2, 0.25) is 0 Å². The van der Waals surface area contributed by atoms with E-state index in [0.717, 1.165) is 49.7 Å². The van der Waals surface area contributed by atoms with Crippen molar-refractivity contribution in [3.63, 3.8) is 0 Å². The van der Waals surface area contributed by atoms with Gasteiger partial charge in [0.1, 0.15) is 0 Å². The Balaban J connectivity index is 1.24. The van der Waals surface area contributed by atoms with Gasteiger partial charge in [-0.2, -0.15) is 5.21 Å². The van der Waals surface area contributed by atoms with Crippen molar-refractivity contribution in [1.29, 1.82) is 0 Å². The van der Waals surface area contributed by atoms with Crippen LogP contribution in [0.4, 0.5) is 16.4 Å². The van der Waals surface area contributed by atoms with Crippen molar-refractivity contribution in [3.8, 4) is 0 Å². The van der Waals surface area contributed by atoms with Gasteiger partial charge in [-0.3, -0.25) is 25.0 Å². The molecule has 0 spiro atoms. The van der Waals surface area contributed by atoms with Crippen LogP contribution in [0, 0.1) is 17.3 Å². The molecule has 2 fully saturated rings. The van der Waals surface area contributed by atoms with Crippen molar-refractivity contribution in [2.24, 2.45) is 17.3 Å². The van der Waals surface area contributed by atoms with Crippen LogP contribution in [-0.2, 0) is 13.0 Å². The summed E-state index contributed by atoms with van der Waals surface area (Å²) < 4.78 is 0. The largest absolute Gasteiger partial charge is 0.322 e. The summed E-state index contributed by atoms with van der Waals surface area (Å²) in [6, 6.07) is 10.3. The highest BCUT2D eigenvalue weighted by Gasteiger charge is 2.36. The quantitative estimate of drug-likeness (QED) is 0.267. The molecule has 3 aromatic rings. The fraction of sp³-hybridized carbons (Fsp3) is 0.469. The SMILES string of the molecule is CC(C)(C)C1CCC(N(Cc2ccc(C(=O)Nc3nn[nH]n3)cc2)C(=O)Nc2ccc3c(c2CC2CC2)C(=O)NC3=O)CC1. The van der Waals surface area contributed by atoms with E-state index in [-0.39, 0.29) is 29.3 Å². The van der Waals surface area contributed by atoms with Crippen LogP contribution in [0.25, 0.3) is 0 Å². The van der Waals surface area contributed by atoms with Crippen LogP contribution in [0.3, 0.4) is 0 Å². The lowest BCUT2D eigenvalue weighted by Crippen LogP contribution is -2.45. The maximum absolute atomic E-state index is 14.1. The summed E-state index contributed by atoms with van der Waals surface area (Å²) in [7, 11) is 0. The zero-order valence-electron chi connectivity index (χ0n) is 25.3. The molecule has 0 atom stereocenters. The number of fused-ring (bicyclic) bond motifs is 1. The van der Waals surface area contributed by atoms with Crippen LogP contribution in [0.15, 0.2) is 36.4 Å². The molecule has 3 aliphatic rings. The monoisotopic (exact) mass is 598 g/mol. The van der Waals surface area contributed by atoms with Gasteiger partial charge in [-0.15, -0.1) is 5.10 Å². The number of carbonyl (C=O) groups is 4. The molecule has 44 heavy (non-hydrogen) atoms. The highest BCUT2D eigenvalue weighted by Crippen LogP contribution is 2.40. The predicted octanol–water partition coefficient (Wildman–Crippen LogP) is 4.93. The molecular formula is C32H38N8O4. The van der Waals surface area contributed by atoms with Crippen LogP contribution < -0.4 is 16.0 Å². The first kappa shape index (κ1) is 29.5. The highest BCUT2D eigenvalue weighted by atomic mass is 16.2. The molecule has 2 aliphatic carbocycles. The number of rotatable bonds is 8. The molecule has 0 radical (unpaired) electrons. The zero-order chi connectivity index (χ0) is 31.0. The Morgan fingerprint density at radius 1 is 0.932 bits per heavy atom. The summed E-state index contributed by atoms with van der Waals surface area (Å²) in [5, 5.41) is 21.3. The second-order valence-corrected chi connectivity index (χ2v) is 13.3. The van der Waals surface area contributed by atoms with Crippen LogP contribution in [0.2, 0.25) is 0 Å². The summed E-state index contributed by atoms with van der Waals surface area (Å²) in [6.07, 6.45) is 6.61. The fourth-order valence-electron chi connectivity index (χ4n) is 6.42. The molecule has 4 N–H and O–H groups in total. The highest BCUT2D eigenvalue weighted by molar-refractivity contribution is 6.23. The third kappa shape index (κ3) is 6.34. The summed E-state index contributed by atoms with van der Waals surface area (Å²) in [6.45, 7) is 7.17. The number of carbonyl (C=O) groups excluding carboxylic acids is 4. The van der Waals surface area contributed by atoms with Gasteiger partial charge in [0, 0.05) is 23.8 Å². The van der Waals surface area contributed by atoms with E-state index in [2.05, 4.69) is 57.3 Å². The zero-order valence-corrected chi connectivity index (χ0v) is 25.3. The molecular weight excluding hydrogens is 560 g/mol.